The Bertz CT molecular complexity index is 3580. The van der Waals surface area contributed by atoms with Gasteiger partial charge in [-0.15, -0.1) is 0 Å². The van der Waals surface area contributed by atoms with Gasteiger partial charge in [-0.1, -0.05) is 121 Å². The summed E-state index contributed by atoms with van der Waals surface area (Å²) in [7, 11) is 0. The van der Waals surface area contributed by atoms with Gasteiger partial charge in [0.2, 0.25) is 0 Å². The van der Waals surface area contributed by atoms with Crippen LogP contribution in [-0.2, 0) is 0 Å². The number of hydrogen-bond donors (Lipinski definition) is 0. The van der Waals surface area contributed by atoms with E-state index >= 15 is 0 Å². The molecule has 8 aromatic carbocycles. The van der Waals surface area contributed by atoms with Crippen molar-refractivity contribution in [2.45, 2.75) is 9.79 Å². The monoisotopic (exact) mass is 771 g/mol. The van der Waals surface area contributed by atoms with E-state index < -0.39 is 0 Å². The van der Waals surface area contributed by atoms with Crippen LogP contribution in [0.2, 0.25) is 0 Å². The van der Waals surface area contributed by atoms with Gasteiger partial charge in [0, 0.05) is 53.5 Å². The second kappa shape index (κ2) is 12.5. The Morgan fingerprint density at radius 2 is 0.729 bits per heavy atom. The number of hydrogen-bond acceptors (Lipinski definition) is 3. The Hall–Kier alpha value is -7.54. The van der Waals surface area contributed by atoms with Gasteiger partial charge in [0.1, 0.15) is 11.6 Å². The van der Waals surface area contributed by atoms with Crippen LogP contribution in [0.15, 0.2) is 210 Å². The molecule has 0 spiro atoms. The van der Waals surface area contributed by atoms with Crippen molar-refractivity contribution >= 4 is 94.2 Å². The van der Waals surface area contributed by atoms with Crippen molar-refractivity contribution in [3.63, 3.8) is 0 Å². The second-order valence-corrected chi connectivity index (χ2v) is 16.3. The highest BCUT2D eigenvalue weighted by Crippen LogP contribution is 2.51. The summed E-state index contributed by atoms with van der Waals surface area (Å²) in [5.41, 5.74) is 11.5. The molecule has 0 unspecified atom stereocenters. The summed E-state index contributed by atoms with van der Waals surface area (Å²) in [6.07, 6.45) is 0. The molecule has 0 radical (unpaired) electrons. The molecule has 0 aliphatic carbocycles. The van der Waals surface area contributed by atoms with E-state index in [-0.39, 0.29) is 0 Å². The van der Waals surface area contributed by atoms with Crippen molar-refractivity contribution in [2.75, 3.05) is 4.90 Å². The van der Waals surface area contributed by atoms with Crippen LogP contribution in [-0.4, -0.2) is 18.7 Å². The summed E-state index contributed by atoms with van der Waals surface area (Å²) in [6, 6.07) is 72.4. The zero-order valence-corrected chi connectivity index (χ0v) is 32.5. The van der Waals surface area contributed by atoms with Gasteiger partial charge < -0.3 is 9.47 Å². The number of para-hydroxylation sites is 6. The molecule has 6 heteroatoms. The first-order valence-corrected chi connectivity index (χ1v) is 20.8. The molecule has 5 heterocycles. The third-order valence-corrected chi connectivity index (χ3v) is 13.1. The summed E-state index contributed by atoms with van der Waals surface area (Å²) in [4.78, 5) is 10.4. The molecule has 0 atom stereocenters. The van der Waals surface area contributed by atoms with Crippen molar-refractivity contribution in [1.82, 2.24) is 18.7 Å². The Morgan fingerprint density at radius 3 is 1.31 bits per heavy atom. The smallest absolute Gasteiger partial charge is 0.140 e. The minimum Gasteiger partial charge on any atom is -0.309 e. The average molecular weight is 772 g/mol. The average Bonchev–Trinajstić information content (AvgIpc) is 3.93. The highest BCUT2D eigenvalue weighted by molar-refractivity contribution is 7.99. The minimum absolute atomic E-state index is 0.875. The van der Waals surface area contributed by atoms with Crippen molar-refractivity contribution in [1.29, 1.82) is 0 Å². The number of aromatic nitrogens is 4. The predicted molar refractivity (Wildman–Crippen MR) is 246 cm³/mol. The van der Waals surface area contributed by atoms with Gasteiger partial charge in [0.25, 0.3) is 0 Å². The van der Waals surface area contributed by atoms with Crippen molar-refractivity contribution in [3.8, 4) is 17.3 Å². The van der Waals surface area contributed by atoms with Crippen molar-refractivity contribution in [3.05, 3.63) is 200 Å². The van der Waals surface area contributed by atoms with E-state index in [4.69, 9.17) is 4.98 Å². The third-order valence-electron chi connectivity index (χ3n) is 12.0. The maximum Gasteiger partial charge on any atom is 0.140 e. The fraction of sp³-hybridized carbons (Fsp3) is 0. The van der Waals surface area contributed by atoms with E-state index in [0.29, 0.717) is 0 Å². The van der Waals surface area contributed by atoms with Crippen LogP contribution in [0.5, 0.6) is 0 Å². The van der Waals surface area contributed by atoms with E-state index in [1.807, 2.05) is 11.8 Å². The summed E-state index contributed by atoms with van der Waals surface area (Å²) in [5, 5.41) is 7.29. The molecule has 0 saturated heterocycles. The van der Waals surface area contributed by atoms with E-state index in [9.17, 15) is 0 Å². The summed E-state index contributed by atoms with van der Waals surface area (Å²) in [6.45, 7) is 0. The molecule has 5 nitrogen and oxygen atoms in total. The number of benzene rings is 8. The molecule has 13 rings (SSSR count). The molecular weight excluding hydrogens is 739 g/mol. The molecule has 12 aromatic rings. The molecule has 0 fully saturated rings. The van der Waals surface area contributed by atoms with E-state index in [1.165, 1.54) is 59.0 Å². The minimum atomic E-state index is 0.875. The van der Waals surface area contributed by atoms with Crippen LogP contribution in [0.4, 0.5) is 17.1 Å². The number of anilines is 3. The van der Waals surface area contributed by atoms with Gasteiger partial charge in [0.15, 0.2) is 0 Å². The molecule has 276 valence electrons. The number of fused-ring (bicyclic) bond motifs is 11. The molecule has 0 saturated carbocycles. The summed E-state index contributed by atoms with van der Waals surface area (Å²) >= 11 is 1.83. The number of rotatable bonds is 4. The molecule has 4 aromatic heterocycles. The van der Waals surface area contributed by atoms with Crippen LogP contribution in [0.25, 0.3) is 82.7 Å². The zero-order chi connectivity index (χ0) is 38.6. The SMILES string of the molecule is c1cc(N2c3ccccc3Sc3ccccc32)cc(-n2c3ccccc3c3cc4c5ccccc5n(-c5cccc(-n6c7ccccc7c7ccccc76)n5)c4cc32)c1. The molecule has 1 aliphatic heterocycles. The first-order valence-electron chi connectivity index (χ1n) is 20.0. The predicted octanol–water partition coefficient (Wildman–Crippen LogP) is 14.3. The highest BCUT2D eigenvalue weighted by Gasteiger charge is 2.25. The van der Waals surface area contributed by atoms with Crippen molar-refractivity contribution < 1.29 is 0 Å². The topological polar surface area (TPSA) is 30.9 Å². The van der Waals surface area contributed by atoms with Crippen LogP contribution in [0.3, 0.4) is 0 Å². The standard InChI is InChI=1S/C53H33N5S/c1-6-22-43-36(17-1)37-18-2-7-23-44(37)57(43)52-29-14-30-53(54-52)58-45-24-8-4-20-39(45)41-32-40-38-19-3-5-21-42(38)55(48(40)33-49(41)58)34-15-13-16-35(31-34)56-46-25-9-11-27-50(46)59-51-28-12-10-26-47(51)56/h1-33H. The number of nitrogens with zero attached hydrogens (tertiary/aromatic N) is 5. The Balaban J connectivity index is 1.05. The Kier molecular flexibility index (Phi) is 6.88. The molecule has 59 heavy (non-hydrogen) atoms. The van der Waals surface area contributed by atoms with Gasteiger partial charge in [-0.25, -0.2) is 4.98 Å². The van der Waals surface area contributed by atoms with Crippen molar-refractivity contribution in [2.24, 2.45) is 0 Å². The lowest BCUT2D eigenvalue weighted by Crippen LogP contribution is -2.15. The lowest BCUT2D eigenvalue weighted by Gasteiger charge is -2.33. The highest BCUT2D eigenvalue weighted by atomic mass is 32.2. The van der Waals surface area contributed by atoms with E-state index in [1.54, 1.807) is 0 Å². The molecular formula is C53H33N5S. The maximum absolute atomic E-state index is 5.47. The second-order valence-electron chi connectivity index (χ2n) is 15.2. The van der Waals surface area contributed by atoms with E-state index in [0.717, 1.165) is 50.6 Å². The van der Waals surface area contributed by atoms with Gasteiger partial charge in [-0.2, -0.15) is 0 Å². The van der Waals surface area contributed by atoms with Crippen LogP contribution in [0.1, 0.15) is 0 Å². The first kappa shape index (κ1) is 32.5. The molecule has 0 N–H and O–H groups in total. The Labute approximate surface area is 343 Å². The summed E-state index contributed by atoms with van der Waals surface area (Å²) in [5.74, 6) is 1.76. The van der Waals surface area contributed by atoms with Crippen LogP contribution in [0, 0.1) is 0 Å². The fourth-order valence-electron chi connectivity index (χ4n) is 9.54. The van der Waals surface area contributed by atoms with Crippen LogP contribution < -0.4 is 4.90 Å². The molecule has 0 bridgehead atoms. The van der Waals surface area contributed by atoms with E-state index in [2.05, 4.69) is 219 Å². The molecule has 0 amide bonds. The largest absolute Gasteiger partial charge is 0.309 e. The Morgan fingerprint density at radius 1 is 0.305 bits per heavy atom. The van der Waals surface area contributed by atoms with Gasteiger partial charge in [-0.3, -0.25) is 9.13 Å². The lowest BCUT2D eigenvalue weighted by molar-refractivity contribution is 1.01. The fourth-order valence-corrected chi connectivity index (χ4v) is 10.6. The van der Waals surface area contributed by atoms with Gasteiger partial charge in [0.05, 0.1) is 44.5 Å². The van der Waals surface area contributed by atoms with Gasteiger partial charge >= 0.3 is 0 Å². The van der Waals surface area contributed by atoms with Gasteiger partial charge in [-0.05, 0) is 91.0 Å². The normalized spacial score (nSPS) is 12.6. The maximum atomic E-state index is 5.47. The summed E-state index contributed by atoms with van der Waals surface area (Å²) < 4.78 is 7.08. The quantitative estimate of drug-likeness (QED) is 0.179. The first-order chi connectivity index (χ1) is 29.3. The number of pyridine rings is 1. The zero-order valence-electron chi connectivity index (χ0n) is 31.7. The third kappa shape index (κ3) is 4.72. The van der Waals surface area contributed by atoms with Crippen LogP contribution >= 0.6 is 11.8 Å². The molecule has 1 aliphatic rings. The lowest BCUT2D eigenvalue weighted by atomic mass is 10.1.